The molecule has 2 aromatic rings. The Morgan fingerprint density at radius 3 is 2.32 bits per heavy atom. The summed E-state index contributed by atoms with van der Waals surface area (Å²) < 4.78 is 10.7. The van der Waals surface area contributed by atoms with Gasteiger partial charge in [-0.25, -0.2) is 0 Å². The summed E-state index contributed by atoms with van der Waals surface area (Å²) in [4.78, 5) is 24.2. The SMILES string of the molecule is COc1ccc(OCCCC(=O)Nc2ccc(C(=O)NC(C)C)cc2C)cc1. The Balaban J connectivity index is 1.78. The lowest BCUT2D eigenvalue weighted by molar-refractivity contribution is -0.116. The van der Waals surface area contributed by atoms with Crippen LogP contribution in [-0.4, -0.2) is 31.6 Å². The molecule has 0 heterocycles. The van der Waals surface area contributed by atoms with Crippen LogP contribution in [0, 0.1) is 6.92 Å². The van der Waals surface area contributed by atoms with Crippen molar-refractivity contribution in [3.63, 3.8) is 0 Å². The van der Waals surface area contributed by atoms with Crippen LogP contribution in [0.4, 0.5) is 5.69 Å². The Kier molecular flexibility index (Phi) is 7.87. The van der Waals surface area contributed by atoms with E-state index in [9.17, 15) is 9.59 Å². The van der Waals surface area contributed by atoms with Gasteiger partial charge in [0.1, 0.15) is 11.5 Å². The number of carbonyl (C=O) groups excluding carboxylic acids is 2. The fourth-order valence-electron chi connectivity index (χ4n) is 2.60. The first-order valence-electron chi connectivity index (χ1n) is 9.37. The molecule has 2 rings (SSSR count). The normalized spacial score (nSPS) is 10.5. The van der Waals surface area contributed by atoms with Crippen molar-refractivity contribution >= 4 is 17.5 Å². The smallest absolute Gasteiger partial charge is 0.251 e. The van der Waals surface area contributed by atoms with Gasteiger partial charge in [0.25, 0.3) is 5.91 Å². The third kappa shape index (κ3) is 6.61. The van der Waals surface area contributed by atoms with E-state index in [4.69, 9.17) is 9.47 Å². The number of carbonyl (C=O) groups is 2. The van der Waals surface area contributed by atoms with Crippen LogP contribution >= 0.6 is 0 Å². The zero-order valence-corrected chi connectivity index (χ0v) is 16.9. The Morgan fingerprint density at radius 1 is 1.04 bits per heavy atom. The second-order valence-electron chi connectivity index (χ2n) is 6.83. The van der Waals surface area contributed by atoms with Crippen molar-refractivity contribution in [2.45, 2.75) is 39.7 Å². The molecule has 0 atom stereocenters. The summed E-state index contributed by atoms with van der Waals surface area (Å²) in [6.45, 7) is 6.15. The highest BCUT2D eigenvalue weighted by Crippen LogP contribution is 2.18. The minimum atomic E-state index is -0.119. The lowest BCUT2D eigenvalue weighted by Gasteiger charge is -2.12. The molecule has 0 radical (unpaired) electrons. The van der Waals surface area contributed by atoms with Gasteiger partial charge < -0.3 is 20.1 Å². The lowest BCUT2D eigenvalue weighted by atomic mass is 10.1. The molecule has 0 aromatic heterocycles. The van der Waals surface area contributed by atoms with Crippen molar-refractivity contribution in [3.8, 4) is 11.5 Å². The summed E-state index contributed by atoms with van der Waals surface area (Å²) >= 11 is 0. The van der Waals surface area contributed by atoms with Gasteiger partial charge in [-0.15, -0.1) is 0 Å². The first-order valence-corrected chi connectivity index (χ1v) is 9.37. The number of ether oxygens (including phenoxy) is 2. The Hall–Kier alpha value is -3.02. The average Bonchev–Trinajstić information content (AvgIpc) is 2.66. The average molecular weight is 384 g/mol. The van der Waals surface area contributed by atoms with Crippen molar-refractivity contribution in [2.24, 2.45) is 0 Å². The maximum absolute atomic E-state index is 12.2. The van der Waals surface area contributed by atoms with Crippen molar-refractivity contribution in [2.75, 3.05) is 19.0 Å². The summed E-state index contributed by atoms with van der Waals surface area (Å²) in [7, 11) is 1.62. The van der Waals surface area contributed by atoms with Crippen molar-refractivity contribution in [3.05, 3.63) is 53.6 Å². The molecule has 0 saturated carbocycles. The highest BCUT2D eigenvalue weighted by molar-refractivity contribution is 5.96. The number of benzene rings is 2. The van der Waals surface area contributed by atoms with Crippen LogP contribution in [0.5, 0.6) is 11.5 Å². The van der Waals surface area contributed by atoms with Crippen LogP contribution in [0.3, 0.4) is 0 Å². The maximum atomic E-state index is 12.2. The van der Waals surface area contributed by atoms with Gasteiger partial charge >= 0.3 is 0 Å². The highest BCUT2D eigenvalue weighted by atomic mass is 16.5. The van der Waals surface area contributed by atoms with Crippen molar-refractivity contribution in [1.82, 2.24) is 5.32 Å². The van der Waals surface area contributed by atoms with E-state index in [0.717, 1.165) is 17.1 Å². The second-order valence-corrected chi connectivity index (χ2v) is 6.83. The number of rotatable bonds is 9. The molecule has 0 bridgehead atoms. The zero-order chi connectivity index (χ0) is 20.5. The Labute approximate surface area is 166 Å². The van der Waals surface area contributed by atoms with Gasteiger partial charge in [-0.3, -0.25) is 9.59 Å². The van der Waals surface area contributed by atoms with Gasteiger partial charge in [0, 0.05) is 23.7 Å². The molecule has 6 heteroatoms. The molecule has 28 heavy (non-hydrogen) atoms. The van der Waals surface area contributed by atoms with Gasteiger partial charge in [0.05, 0.1) is 13.7 Å². The highest BCUT2D eigenvalue weighted by Gasteiger charge is 2.10. The number of nitrogens with one attached hydrogen (secondary N) is 2. The van der Waals surface area contributed by atoms with Crippen LogP contribution in [0.15, 0.2) is 42.5 Å². The van der Waals surface area contributed by atoms with E-state index in [-0.39, 0.29) is 17.9 Å². The largest absolute Gasteiger partial charge is 0.497 e. The summed E-state index contributed by atoms with van der Waals surface area (Å²) in [6.07, 6.45) is 0.955. The first-order chi connectivity index (χ1) is 13.4. The number of hydrogen-bond donors (Lipinski definition) is 2. The van der Waals surface area contributed by atoms with E-state index in [1.165, 1.54) is 0 Å². The molecular weight excluding hydrogens is 356 g/mol. The van der Waals surface area contributed by atoms with Crippen LogP contribution in [-0.2, 0) is 4.79 Å². The Morgan fingerprint density at radius 2 is 1.71 bits per heavy atom. The van der Waals surface area contributed by atoms with Crippen LogP contribution in [0.2, 0.25) is 0 Å². The number of anilines is 1. The van der Waals surface area contributed by atoms with Crippen LogP contribution in [0.25, 0.3) is 0 Å². The van der Waals surface area contributed by atoms with E-state index in [1.807, 2.05) is 45.0 Å². The topological polar surface area (TPSA) is 76.7 Å². The number of hydrogen-bond acceptors (Lipinski definition) is 4. The standard InChI is InChI=1S/C22H28N2O4/c1-15(2)23-22(26)17-7-12-20(16(3)14-17)24-21(25)6-5-13-28-19-10-8-18(27-4)9-11-19/h7-12,14-15H,5-6,13H2,1-4H3,(H,23,26)(H,24,25). The van der Waals surface area contributed by atoms with E-state index in [0.29, 0.717) is 30.7 Å². The molecule has 0 aliphatic carbocycles. The van der Waals surface area contributed by atoms with Gasteiger partial charge in [-0.2, -0.15) is 0 Å². The van der Waals surface area contributed by atoms with E-state index in [1.54, 1.807) is 25.3 Å². The molecule has 0 aliphatic heterocycles. The minimum Gasteiger partial charge on any atom is -0.497 e. The van der Waals surface area contributed by atoms with E-state index in [2.05, 4.69) is 10.6 Å². The number of amides is 2. The second kappa shape index (κ2) is 10.3. The molecule has 0 fully saturated rings. The lowest BCUT2D eigenvalue weighted by Crippen LogP contribution is -2.30. The van der Waals surface area contributed by atoms with E-state index >= 15 is 0 Å². The molecule has 0 spiro atoms. The van der Waals surface area contributed by atoms with E-state index < -0.39 is 0 Å². The third-order valence-electron chi connectivity index (χ3n) is 4.06. The summed E-state index contributed by atoms with van der Waals surface area (Å²) in [6, 6.07) is 12.7. The molecule has 150 valence electrons. The molecule has 0 saturated heterocycles. The Bertz CT molecular complexity index is 801. The number of aryl methyl sites for hydroxylation is 1. The van der Waals surface area contributed by atoms with Crippen LogP contribution < -0.4 is 20.1 Å². The molecular formula is C22H28N2O4. The molecule has 2 amide bonds. The quantitative estimate of drug-likeness (QED) is 0.642. The monoisotopic (exact) mass is 384 g/mol. The van der Waals surface area contributed by atoms with Gasteiger partial charge in [-0.05, 0) is 75.2 Å². The predicted octanol–water partition coefficient (Wildman–Crippen LogP) is 3.94. The van der Waals surface area contributed by atoms with Gasteiger partial charge in [0.2, 0.25) is 5.91 Å². The maximum Gasteiger partial charge on any atom is 0.251 e. The molecule has 0 unspecified atom stereocenters. The first kappa shape index (κ1) is 21.3. The summed E-state index contributed by atoms with van der Waals surface area (Å²) in [5.74, 6) is 1.31. The fourth-order valence-corrected chi connectivity index (χ4v) is 2.60. The fraction of sp³-hybridized carbons (Fsp3) is 0.364. The summed E-state index contributed by atoms with van der Waals surface area (Å²) in [5, 5.41) is 5.74. The predicted molar refractivity (Wildman–Crippen MR) is 110 cm³/mol. The molecule has 2 N–H and O–H groups in total. The van der Waals surface area contributed by atoms with Gasteiger partial charge in [-0.1, -0.05) is 0 Å². The minimum absolute atomic E-state index is 0.0762. The van der Waals surface area contributed by atoms with Gasteiger partial charge in [0.15, 0.2) is 0 Å². The number of methoxy groups -OCH3 is 1. The molecule has 2 aromatic carbocycles. The summed E-state index contributed by atoms with van der Waals surface area (Å²) in [5.41, 5.74) is 2.14. The zero-order valence-electron chi connectivity index (χ0n) is 16.9. The van der Waals surface area contributed by atoms with Crippen LogP contribution in [0.1, 0.15) is 42.6 Å². The molecule has 0 aliphatic rings. The van der Waals surface area contributed by atoms with Crippen molar-refractivity contribution < 1.29 is 19.1 Å². The molecule has 6 nitrogen and oxygen atoms in total. The van der Waals surface area contributed by atoms with Crippen molar-refractivity contribution in [1.29, 1.82) is 0 Å². The third-order valence-corrected chi connectivity index (χ3v) is 4.06.